The summed E-state index contributed by atoms with van der Waals surface area (Å²) in [6.45, 7) is 0. The largest absolute Gasteiger partial charge is 0.456 e. The summed E-state index contributed by atoms with van der Waals surface area (Å²) in [5, 5.41) is 9.82. The van der Waals surface area contributed by atoms with E-state index in [1.807, 2.05) is 41.0 Å². The first-order valence-corrected chi connectivity index (χ1v) is 16.3. The SMILES string of the molecule is c1ccc2c(c1)ccc1sc3c(N(c4ccc5c(c4)oc4ccccc45)c4ccc5sc6ccccc6c5c4)nccc3c12. The fourth-order valence-electron chi connectivity index (χ4n) is 6.72. The van der Waals surface area contributed by atoms with Crippen molar-refractivity contribution in [3.63, 3.8) is 0 Å². The molecule has 0 amide bonds. The highest BCUT2D eigenvalue weighted by atomic mass is 32.1. The van der Waals surface area contributed by atoms with Crippen molar-refractivity contribution in [1.29, 1.82) is 0 Å². The first-order valence-electron chi connectivity index (χ1n) is 14.6. The smallest absolute Gasteiger partial charge is 0.155 e. The summed E-state index contributed by atoms with van der Waals surface area (Å²) in [6, 6.07) is 45.5. The van der Waals surface area contributed by atoms with E-state index in [4.69, 9.17) is 9.40 Å². The van der Waals surface area contributed by atoms with E-state index in [-0.39, 0.29) is 0 Å². The first kappa shape index (κ1) is 24.2. The minimum Gasteiger partial charge on any atom is -0.456 e. The molecule has 44 heavy (non-hydrogen) atoms. The van der Waals surface area contributed by atoms with Gasteiger partial charge in [0.25, 0.3) is 0 Å². The first-order chi connectivity index (χ1) is 21.8. The molecule has 0 bridgehead atoms. The molecule has 0 aliphatic rings. The van der Waals surface area contributed by atoms with E-state index in [1.54, 1.807) is 0 Å². The molecule has 0 saturated heterocycles. The van der Waals surface area contributed by atoms with Crippen LogP contribution in [-0.2, 0) is 0 Å². The van der Waals surface area contributed by atoms with Gasteiger partial charge < -0.3 is 4.42 Å². The molecule has 4 heterocycles. The minimum absolute atomic E-state index is 0.866. The second kappa shape index (κ2) is 9.13. The van der Waals surface area contributed by atoms with E-state index in [1.165, 1.54) is 51.1 Å². The number of aromatic nitrogens is 1. The molecule has 0 saturated carbocycles. The molecule has 0 aliphatic heterocycles. The number of benzene rings is 6. The molecule has 4 aromatic heterocycles. The molecular weight excluding hydrogens is 577 g/mol. The Balaban J connectivity index is 1.28. The van der Waals surface area contributed by atoms with Crippen molar-refractivity contribution in [2.24, 2.45) is 0 Å². The number of anilines is 3. The Kier molecular flexibility index (Phi) is 5.03. The molecule has 10 aromatic rings. The average Bonchev–Trinajstić information content (AvgIpc) is 3.76. The summed E-state index contributed by atoms with van der Waals surface area (Å²) in [6.07, 6.45) is 1.96. The van der Waals surface area contributed by atoms with Crippen molar-refractivity contribution in [3.8, 4) is 0 Å². The molecule has 0 fully saturated rings. The minimum atomic E-state index is 0.866. The lowest BCUT2D eigenvalue weighted by atomic mass is 10.0. The van der Waals surface area contributed by atoms with Crippen LogP contribution in [0.5, 0.6) is 0 Å². The van der Waals surface area contributed by atoms with Gasteiger partial charge in [0.15, 0.2) is 5.82 Å². The summed E-state index contributed by atoms with van der Waals surface area (Å²) in [4.78, 5) is 7.40. The van der Waals surface area contributed by atoms with E-state index in [0.29, 0.717) is 0 Å². The highest BCUT2D eigenvalue weighted by Gasteiger charge is 2.22. The van der Waals surface area contributed by atoms with Crippen molar-refractivity contribution in [2.75, 3.05) is 4.90 Å². The lowest BCUT2D eigenvalue weighted by Crippen LogP contribution is -2.11. The van der Waals surface area contributed by atoms with Gasteiger partial charge in [-0.15, -0.1) is 22.7 Å². The topological polar surface area (TPSA) is 29.3 Å². The average molecular weight is 599 g/mol. The number of fused-ring (bicyclic) bond motifs is 11. The molecule has 0 spiro atoms. The maximum Gasteiger partial charge on any atom is 0.155 e. The molecule has 0 radical (unpaired) electrons. The summed E-state index contributed by atoms with van der Waals surface area (Å²) in [5.41, 5.74) is 3.84. The fourth-order valence-corrected chi connectivity index (χ4v) is 9.00. The molecule has 3 nitrogen and oxygen atoms in total. The van der Waals surface area contributed by atoms with Gasteiger partial charge in [-0.1, -0.05) is 66.7 Å². The fraction of sp³-hybridized carbons (Fsp3) is 0. The summed E-state index contributed by atoms with van der Waals surface area (Å²) >= 11 is 3.65. The van der Waals surface area contributed by atoms with Gasteiger partial charge in [0.1, 0.15) is 11.2 Å². The standard InChI is InChI=1S/C39H22N2OS2/c1-2-8-26-23(7-1)13-17-36-37(26)30-19-20-40-39(38(30)44-36)41(24-15-18-35-31(21-24)29-10-4-6-12-34(29)43-35)25-14-16-28-27-9-3-5-11-32(27)42-33(28)22-25/h1-22H. The number of rotatable bonds is 3. The molecule has 0 unspecified atom stereocenters. The van der Waals surface area contributed by atoms with E-state index in [0.717, 1.165) is 39.1 Å². The number of hydrogen-bond donors (Lipinski definition) is 0. The summed E-state index contributed by atoms with van der Waals surface area (Å²) in [5.74, 6) is 0.919. The molecular formula is C39H22N2OS2. The normalized spacial score (nSPS) is 12.1. The maximum absolute atomic E-state index is 6.37. The van der Waals surface area contributed by atoms with E-state index in [2.05, 4.69) is 120 Å². The van der Waals surface area contributed by atoms with E-state index < -0.39 is 0 Å². The predicted octanol–water partition coefficient (Wildman–Crippen LogP) is 12.3. The highest BCUT2D eigenvalue weighted by molar-refractivity contribution is 7.26. The maximum atomic E-state index is 6.37. The monoisotopic (exact) mass is 598 g/mol. The van der Waals surface area contributed by atoms with Crippen molar-refractivity contribution in [3.05, 3.63) is 134 Å². The van der Waals surface area contributed by atoms with Crippen LogP contribution in [0.1, 0.15) is 0 Å². The second-order valence-corrected chi connectivity index (χ2v) is 13.3. The Morgan fingerprint density at radius 1 is 0.500 bits per heavy atom. The Morgan fingerprint density at radius 3 is 2.18 bits per heavy atom. The summed E-state index contributed by atoms with van der Waals surface area (Å²) < 4.78 is 11.4. The van der Waals surface area contributed by atoms with Crippen molar-refractivity contribution in [1.82, 2.24) is 4.98 Å². The third-order valence-electron chi connectivity index (χ3n) is 8.71. The van der Waals surface area contributed by atoms with Crippen molar-refractivity contribution >= 4 is 113 Å². The van der Waals surface area contributed by atoms with Crippen LogP contribution in [0.15, 0.2) is 138 Å². The van der Waals surface area contributed by atoms with E-state index in [9.17, 15) is 0 Å². The van der Waals surface area contributed by atoms with Crippen molar-refractivity contribution in [2.45, 2.75) is 0 Å². The molecule has 0 atom stereocenters. The van der Waals surface area contributed by atoms with Gasteiger partial charge in [-0.25, -0.2) is 4.98 Å². The predicted molar refractivity (Wildman–Crippen MR) is 189 cm³/mol. The van der Waals surface area contributed by atoms with Gasteiger partial charge in [-0.2, -0.15) is 0 Å². The molecule has 10 rings (SSSR count). The number of para-hydroxylation sites is 1. The van der Waals surface area contributed by atoms with Gasteiger partial charge in [0, 0.05) is 64.4 Å². The Labute approximate surface area is 259 Å². The molecule has 0 N–H and O–H groups in total. The van der Waals surface area contributed by atoms with Crippen LogP contribution in [0.3, 0.4) is 0 Å². The quantitative estimate of drug-likeness (QED) is 0.203. The van der Waals surface area contributed by atoms with Gasteiger partial charge in [-0.05, 0) is 65.4 Å². The molecule has 0 aliphatic carbocycles. The Hall–Kier alpha value is -5.23. The number of thiophene rings is 2. The van der Waals surface area contributed by atoms with Crippen LogP contribution in [0.25, 0.3) is 73.1 Å². The van der Waals surface area contributed by atoms with Crippen LogP contribution in [-0.4, -0.2) is 4.98 Å². The highest BCUT2D eigenvalue weighted by Crippen LogP contribution is 2.47. The lowest BCUT2D eigenvalue weighted by molar-refractivity contribution is 0.669. The zero-order valence-electron chi connectivity index (χ0n) is 23.3. The summed E-state index contributed by atoms with van der Waals surface area (Å²) in [7, 11) is 0. The van der Waals surface area contributed by atoms with Crippen LogP contribution < -0.4 is 4.90 Å². The number of nitrogens with zero attached hydrogens (tertiary/aromatic N) is 2. The Bertz CT molecular complexity index is 2750. The van der Waals surface area contributed by atoms with Gasteiger partial charge in [-0.3, -0.25) is 4.90 Å². The molecule has 206 valence electrons. The zero-order valence-corrected chi connectivity index (χ0v) is 25.0. The lowest BCUT2D eigenvalue weighted by Gasteiger charge is -2.25. The van der Waals surface area contributed by atoms with Crippen LogP contribution in [0, 0.1) is 0 Å². The van der Waals surface area contributed by atoms with Gasteiger partial charge in [0.05, 0.1) is 10.4 Å². The second-order valence-electron chi connectivity index (χ2n) is 11.2. The van der Waals surface area contributed by atoms with Gasteiger partial charge >= 0.3 is 0 Å². The van der Waals surface area contributed by atoms with Crippen LogP contribution in [0.2, 0.25) is 0 Å². The van der Waals surface area contributed by atoms with Crippen LogP contribution in [0.4, 0.5) is 17.2 Å². The molecule has 6 aromatic carbocycles. The van der Waals surface area contributed by atoms with E-state index >= 15 is 0 Å². The third kappa shape index (κ3) is 3.45. The molecule has 5 heteroatoms. The number of furan rings is 1. The van der Waals surface area contributed by atoms with Crippen LogP contribution >= 0.6 is 22.7 Å². The number of hydrogen-bond acceptors (Lipinski definition) is 5. The third-order valence-corrected chi connectivity index (χ3v) is 11.0. The zero-order chi connectivity index (χ0) is 28.8. The number of pyridine rings is 1. The van der Waals surface area contributed by atoms with Gasteiger partial charge in [0.2, 0.25) is 0 Å². The van der Waals surface area contributed by atoms with Crippen molar-refractivity contribution < 1.29 is 4.42 Å². The Morgan fingerprint density at radius 2 is 1.23 bits per heavy atom.